The summed E-state index contributed by atoms with van der Waals surface area (Å²) in [6.07, 6.45) is -1.10. The van der Waals surface area contributed by atoms with Crippen molar-refractivity contribution in [3.8, 4) is 0 Å². The van der Waals surface area contributed by atoms with Gasteiger partial charge in [-0.15, -0.1) is 0 Å². The van der Waals surface area contributed by atoms with E-state index in [1.807, 2.05) is 22.6 Å². The van der Waals surface area contributed by atoms with E-state index in [0.717, 1.165) is 8.25 Å². The third-order valence-electron chi connectivity index (χ3n) is 3.59. The summed E-state index contributed by atoms with van der Waals surface area (Å²) in [6, 6.07) is 4.83. The second-order valence-electron chi connectivity index (χ2n) is 5.57. The monoisotopic (exact) mass is 537 g/mol. The standard InChI is InChI=1S/C16H18AsFIN3O4/c1-8-13(17-11-4-3-9(19)5-12(11)18)14(21-22(2)16(8)26)15(25)20-6-10(24)7-23/h3-5,10,17,23-24H,6-7H2,1-2H3,(H,20,25). The van der Waals surface area contributed by atoms with Crippen LogP contribution in [0.15, 0.2) is 23.0 Å². The number of amides is 1. The fourth-order valence-electron chi connectivity index (χ4n) is 2.17. The number of hydrogen-bond acceptors (Lipinski definition) is 5. The number of carbonyl (C=O) groups excluding carboxylic acids is 1. The zero-order valence-corrected chi connectivity index (χ0v) is 18.3. The molecule has 0 saturated heterocycles. The third-order valence-corrected chi connectivity index (χ3v) is 7.49. The number of hydrogen-bond donors (Lipinski definition) is 3. The second-order valence-corrected chi connectivity index (χ2v) is 9.52. The Bertz CT molecular complexity index is 891. The van der Waals surface area contributed by atoms with Crippen LogP contribution >= 0.6 is 22.6 Å². The molecule has 1 amide bonds. The van der Waals surface area contributed by atoms with Crippen LogP contribution in [-0.2, 0) is 7.05 Å². The van der Waals surface area contributed by atoms with Gasteiger partial charge in [0, 0.05) is 0 Å². The van der Waals surface area contributed by atoms with Gasteiger partial charge in [0.25, 0.3) is 0 Å². The van der Waals surface area contributed by atoms with Gasteiger partial charge in [0.15, 0.2) is 0 Å². The first-order valence-electron chi connectivity index (χ1n) is 7.61. The molecule has 1 heterocycles. The van der Waals surface area contributed by atoms with Crippen LogP contribution in [0.5, 0.6) is 0 Å². The molecule has 1 aromatic carbocycles. The van der Waals surface area contributed by atoms with Crippen molar-refractivity contribution >= 4 is 53.0 Å². The van der Waals surface area contributed by atoms with Gasteiger partial charge < -0.3 is 0 Å². The number of aromatic nitrogens is 2. The van der Waals surface area contributed by atoms with Crippen molar-refractivity contribution in [1.29, 1.82) is 0 Å². The molecule has 0 radical (unpaired) electrons. The van der Waals surface area contributed by atoms with E-state index in [2.05, 4.69) is 10.4 Å². The zero-order valence-electron chi connectivity index (χ0n) is 14.1. The Morgan fingerprint density at radius 2 is 2.19 bits per heavy atom. The van der Waals surface area contributed by atoms with Crippen molar-refractivity contribution in [3.05, 3.63) is 49.2 Å². The number of aliphatic hydroxyl groups excluding tert-OH is 2. The molecule has 2 rings (SSSR count). The van der Waals surface area contributed by atoms with Crippen LogP contribution in [0, 0.1) is 16.3 Å². The van der Waals surface area contributed by atoms with Gasteiger partial charge in [-0.25, -0.2) is 0 Å². The summed E-state index contributed by atoms with van der Waals surface area (Å²) < 4.78 is 17.0. The van der Waals surface area contributed by atoms with Crippen LogP contribution in [0.2, 0.25) is 0 Å². The van der Waals surface area contributed by atoms with E-state index < -0.39 is 34.4 Å². The van der Waals surface area contributed by atoms with Gasteiger partial charge in [0.1, 0.15) is 0 Å². The summed E-state index contributed by atoms with van der Waals surface area (Å²) >= 11 is 0.673. The van der Waals surface area contributed by atoms with Gasteiger partial charge in [-0.05, 0) is 0 Å². The summed E-state index contributed by atoms with van der Waals surface area (Å²) in [5, 5.41) is 24.7. The fraction of sp³-hybridized carbons (Fsp3) is 0.312. The topological polar surface area (TPSA) is 104 Å². The molecule has 0 bridgehead atoms. The van der Waals surface area contributed by atoms with E-state index in [0.29, 0.717) is 14.3 Å². The first-order valence-corrected chi connectivity index (χ1v) is 10.8. The summed E-state index contributed by atoms with van der Waals surface area (Å²) in [7, 11) is 1.43. The van der Waals surface area contributed by atoms with Crippen molar-refractivity contribution in [2.45, 2.75) is 13.0 Å². The van der Waals surface area contributed by atoms with Gasteiger partial charge in [-0.1, -0.05) is 0 Å². The number of benzene rings is 1. The molecule has 0 aliphatic heterocycles. The predicted molar refractivity (Wildman–Crippen MR) is 105 cm³/mol. The van der Waals surface area contributed by atoms with Crippen LogP contribution in [0.1, 0.15) is 16.1 Å². The molecule has 26 heavy (non-hydrogen) atoms. The Hall–Kier alpha value is -1.29. The average molecular weight is 537 g/mol. The van der Waals surface area contributed by atoms with E-state index in [9.17, 15) is 19.1 Å². The van der Waals surface area contributed by atoms with Crippen molar-refractivity contribution < 1.29 is 19.4 Å². The molecule has 7 nitrogen and oxygen atoms in total. The number of rotatable bonds is 6. The first kappa shape index (κ1) is 21.0. The summed E-state index contributed by atoms with van der Waals surface area (Å²) in [4.78, 5) is 24.7. The maximum atomic E-state index is 14.2. The fourth-order valence-corrected chi connectivity index (χ4v) is 5.15. The van der Waals surface area contributed by atoms with Gasteiger partial charge >= 0.3 is 170 Å². The SMILES string of the molecule is Cc1c([AsH]c2ccc(I)cc2F)c(C(=O)NCC(O)CO)nn(C)c1=O. The molecule has 2 atom stereocenters. The molecule has 10 heteroatoms. The number of aryl methyl sites for hydroxylation is 1. The first-order chi connectivity index (χ1) is 12.2. The Morgan fingerprint density at radius 1 is 1.50 bits per heavy atom. The van der Waals surface area contributed by atoms with Crippen LogP contribution < -0.4 is 19.6 Å². The molecule has 2 aromatic rings. The van der Waals surface area contributed by atoms with Crippen LogP contribution in [0.25, 0.3) is 0 Å². The minimum atomic E-state index is -1.33. The van der Waals surface area contributed by atoms with Crippen molar-refractivity contribution in [2.75, 3.05) is 13.2 Å². The van der Waals surface area contributed by atoms with E-state index in [1.54, 1.807) is 19.1 Å². The molecular formula is C16H18AsFIN3O4. The second kappa shape index (κ2) is 9.07. The number of aliphatic hydroxyl groups is 2. The van der Waals surface area contributed by atoms with E-state index >= 15 is 0 Å². The molecule has 1 aromatic heterocycles. The Kier molecular flexibility index (Phi) is 7.33. The van der Waals surface area contributed by atoms with Crippen molar-refractivity contribution in [3.63, 3.8) is 0 Å². The zero-order chi connectivity index (χ0) is 19.4. The maximum absolute atomic E-state index is 14.2. The molecule has 0 saturated carbocycles. The molecule has 0 fully saturated rings. The molecule has 0 aliphatic carbocycles. The summed E-state index contributed by atoms with van der Waals surface area (Å²) in [5.74, 6) is -0.958. The van der Waals surface area contributed by atoms with Gasteiger partial charge in [0.05, 0.1) is 0 Å². The van der Waals surface area contributed by atoms with E-state index in [-0.39, 0.29) is 23.6 Å². The molecule has 0 spiro atoms. The average Bonchev–Trinajstić information content (AvgIpc) is 2.61. The molecule has 3 N–H and O–H groups in total. The quantitative estimate of drug-likeness (QED) is 0.302. The van der Waals surface area contributed by atoms with Crippen molar-refractivity contribution in [2.24, 2.45) is 7.05 Å². The van der Waals surface area contributed by atoms with Crippen molar-refractivity contribution in [1.82, 2.24) is 15.1 Å². The molecule has 2 unspecified atom stereocenters. The predicted octanol–water partition coefficient (Wildman–Crippen LogP) is -1.70. The Labute approximate surface area is 169 Å². The third kappa shape index (κ3) is 4.91. The molecular weight excluding hydrogens is 519 g/mol. The molecule has 140 valence electrons. The summed E-state index contributed by atoms with van der Waals surface area (Å²) in [6.45, 7) is 0.942. The number of nitrogens with one attached hydrogen (secondary N) is 1. The van der Waals surface area contributed by atoms with E-state index in [4.69, 9.17) is 5.11 Å². The minimum absolute atomic E-state index is 0.0349. The van der Waals surface area contributed by atoms with Gasteiger partial charge in [0.2, 0.25) is 0 Å². The van der Waals surface area contributed by atoms with E-state index in [1.165, 1.54) is 13.1 Å². The van der Waals surface area contributed by atoms with Crippen LogP contribution in [0.3, 0.4) is 0 Å². The van der Waals surface area contributed by atoms with Gasteiger partial charge in [-0.3, -0.25) is 0 Å². The van der Waals surface area contributed by atoms with Crippen LogP contribution in [0.4, 0.5) is 4.39 Å². The summed E-state index contributed by atoms with van der Waals surface area (Å²) in [5.41, 5.74) is 0.0441. The van der Waals surface area contributed by atoms with Crippen LogP contribution in [-0.4, -0.2) is 60.9 Å². The number of nitrogens with zero attached hydrogens (tertiary/aromatic N) is 2. The van der Waals surface area contributed by atoms with Gasteiger partial charge in [-0.2, -0.15) is 0 Å². The number of halogens is 2. The Morgan fingerprint density at radius 3 is 2.81 bits per heavy atom. The number of carbonyl (C=O) groups is 1. The Balaban J connectivity index is 2.44. The normalized spacial score (nSPS) is 12.5. The molecule has 0 aliphatic rings.